The molecule has 5 heteroatoms. The highest BCUT2D eigenvalue weighted by molar-refractivity contribution is 7.99. The second-order valence-electron chi connectivity index (χ2n) is 4.93. The zero-order valence-electron chi connectivity index (χ0n) is 12.4. The molecule has 1 unspecified atom stereocenters. The number of nitrogens with two attached hydrogens (primary N) is 1. The first-order valence-electron chi connectivity index (χ1n) is 7.07. The first-order valence-corrected chi connectivity index (χ1v) is 8.36. The van der Waals surface area contributed by atoms with Gasteiger partial charge in [0.2, 0.25) is 5.95 Å². The number of rotatable bonds is 7. The highest BCUT2D eigenvalue weighted by atomic mass is 32.2. The van der Waals surface area contributed by atoms with E-state index in [9.17, 15) is 0 Å². The maximum atomic E-state index is 6.07. The van der Waals surface area contributed by atoms with Crippen molar-refractivity contribution in [2.75, 3.05) is 18.6 Å². The van der Waals surface area contributed by atoms with Crippen LogP contribution < -0.4 is 10.5 Å². The second kappa shape index (κ2) is 6.88. The van der Waals surface area contributed by atoms with Gasteiger partial charge >= 0.3 is 0 Å². The predicted octanol–water partition coefficient (Wildman–Crippen LogP) is 3.55. The summed E-state index contributed by atoms with van der Waals surface area (Å²) in [5.74, 6) is 1.40. The van der Waals surface area contributed by atoms with E-state index >= 15 is 0 Å². The lowest BCUT2D eigenvalue weighted by molar-refractivity contribution is 0.320. The van der Waals surface area contributed by atoms with Crippen LogP contribution in [0.15, 0.2) is 18.2 Å². The summed E-state index contributed by atoms with van der Waals surface area (Å²) in [7, 11) is 0. The molecule has 0 spiro atoms. The first-order chi connectivity index (χ1) is 9.67. The maximum absolute atomic E-state index is 6.07. The number of nitrogens with zero attached hydrogens (tertiary/aromatic N) is 2. The van der Waals surface area contributed by atoms with Gasteiger partial charge in [-0.25, -0.2) is 4.98 Å². The minimum Gasteiger partial charge on any atom is -0.491 e. The van der Waals surface area contributed by atoms with Crippen LogP contribution >= 0.6 is 11.8 Å². The monoisotopic (exact) mass is 293 g/mol. The Labute approximate surface area is 124 Å². The molecule has 1 heterocycles. The van der Waals surface area contributed by atoms with Crippen LogP contribution in [-0.4, -0.2) is 27.7 Å². The fourth-order valence-electron chi connectivity index (χ4n) is 2.13. The van der Waals surface area contributed by atoms with Crippen molar-refractivity contribution >= 4 is 28.7 Å². The van der Waals surface area contributed by atoms with Crippen LogP contribution in [0.1, 0.15) is 26.7 Å². The molecule has 0 bridgehead atoms. The van der Waals surface area contributed by atoms with Gasteiger partial charge in [0.05, 0.1) is 12.1 Å². The van der Waals surface area contributed by atoms with Crippen molar-refractivity contribution in [3.8, 4) is 5.75 Å². The lowest BCUT2D eigenvalue weighted by atomic mass is 10.2. The number of benzene rings is 1. The molecule has 4 nitrogen and oxygen atoms in total. The van der Waals surface area contributed by atoms with E-state index in [0.717, 1.165) is 36.2 Å². The third kappa shape index (κ3) is 3.20. The van der Waals surface area contributed by atoms with Crippen LogP contribution in [0.3, 0.4) is 0 Å². The summed E-state index contributed by atoms with van der Waals surface area (Å²) in [6.45, 7) is 5.92. The van der Waals surface area contributed by atoms with Crippen LogP contribution in [0, 0.1) is 0 Å². The van der Waals surface area contributed by atoms with Gasteiger partial charge < -0.3 is 15.0 Å². The van der Waals surface area contributed by atoms with Crippen molar-refractivity contribution in [1.82, 2.24) is 9.55 Å². The van der Waals surface area contributed by atoms with Crippen LogP contribution in [0.2, 0.25) is 0 Å². The summed E-state index contributed by atoms with van der Waals surface area (Å²) in [5.41, 5.74) is 8.00. The number of thioether (sulfide) groups is 1. The Bertz CT molecular complexity index is 567. The average molecular weight is 293 g/mol. The number of para-hydroxylation sites is 1. The number of aryl methyl sites for hydroxylation is 1. The van der Waals surface area contributed by atoms with Crippen LogP contribution in [0.5, 0.6) is 5.75 Å². The highest BCUT2D eigenvalue weighted by Gasteiger charge is 2.13. The second-order valence-corrected chi connectivity index (χ2v) is 6.21. The topological polar surface area (TPSA) is 53.1 Å². The zero-order valence-corrected chi connectivity index (χ0v) is 13.2. The maximum Gasteiger partial charge on any atom is 0.201 e. The summed E-state index contributed by atoms with van der Waals surface area (Å²) in [5, 5.41) is 0.617. The van der Waals surface area contributed by atoms with E-state index in [1.54, 1.807) is 0 Å². The molecule has 110 valence electrons. The average Bonchev–Trinajstić information content (AvgIpc) is 2.78. The molecule has 1 aromatic carbocycles. The van der Waals surface area contributed by atoms with E-state index in [2.05, 4.69) is 35.7 Å². The molecule has 2 aromatic rings. The number of aromatic nitrogens is 2. The minimum absolute atomic E-state index is 0.570. The Hall–Kier alpha value is -1.36. The first kappa shape index (κ1) is 15.0. The molecule has 1 atom stereocenters. The predicted molar refractivity (Wildman–Crippen MR) is 87.5 cm³/mol. The number of imidazole rings is 1. The van der Waals surface area contributed by atoms with E-state index in [4.69, 9.17) is 10.5 Å². The summed E-state index contributed by atoms with van der Waals surface area (Å²) < 4.78 is 7.83. The number of anilines is 1. The van der Waals surface area contributed by atoms with E-state index in [-0.39, 0.29) is 0 Å². The molecular formula is C15H23N3OS. The van der Waals surface area contributed by atoms with Gasteiger partial charge in [-0.2, -0.15) is 11.8 Å². The molecule has 0 amide bonds. The third-order valence-electron chi connectivity index (χ3n) is 3.39. The van der Waals surface area contributed by atoms with Gasteiger partial charge in [-0.15, -0.1) is 0 Å². The molecule has 0 aliphatic rings. The zero-order chi connectivity index (χ0) is 14.5. The van der Waals surface area contributed by atoms with Crippen molar-refractivity contribution in [2.24, 2.45) is 0 Å². The van der Waals surface area contributed by atoms with Gasteiger partial charge in [-0.1, -0.05) is 19.9 Å². The number of ether oxygens (including phenoxy) is 1. The molecule has 0 aliphatic heterocycles. The van der Waals surface area contributed by atoms with E-state index in [1.165, 1.54) is 0 Å². The van der Waals surface area contributed by atoms with E-state index in [1.807, 2.05) is 23.9 Å². The van der Waals surface area contributed by atoms with Crippen LogP contribution in [0.4, 0.5) is 5.95 Å². The minimum atomic E-state index is 0.570. The molecule has 0 fully saturated rings. The Morgan fingerprint density at radius 2 is 2.25 bits per heavy atom. The number of nitrogen functional groups attached to an aromatic ring is 1. The van der Waals surface area contributed by atoms with Gasteiger partial charge in [-0.05, 0) is 31.2 Å². The van der Waals surface area contributed by atoms with Gasteiger partial charge in [0.15, 0.2) is 0 Å². The summed E-state index contributed by atoms with van der Waals surface area (Å²) in [6.07, 6.45) is 4.20. The van der Waals surface area contributed by atoms with Crippen molar-refractivity contribution in [3.63, 3.8) is 0 Å². The van der Waals surface area contributed by atoms with E-state index < -0.39 is 0 Å². The quantitative estimate of drug-likeness (QED) is 0.848. The number of fused-ring (bicyclic) bond motifs is 1. The summed E-state index contributed by atoms with van der Waals surface area (Å²) in [6, 6.07) is 6.02. The smallest absolute Gasteiger partial charge is 0.201 e. The fraction of sp³-hybridized carbons (Fsp3) is 0.533. The van der Waals surface area contributed by atoms with Crippen molar-refractivity contribution in [2.45, 2.75) is 38.5 Å². The van der Waals surface area contributed by atoms with Crippen molar-refractivity contribution < 1.29 is 4.74 Å². The van der Waals surface area contributed by atoms with Crippen LogP contribution in [-0.2, 0) is 6.54 Å². The molecule has 20 heavy (non-hydrogen) atoms. The van der Waals surface area contributed by atoms with Crippen molar-refractivity contribution in [1.29, 1.82) is 0 Å². The lowest BCUT2D eigenvalue weighted by Gasteiger charge is -2.11. The third-order valence-corrected chi connectivity index (χ3v) is 4.44. The van der Waals surface area contributed by atoms with Crippen molar-refractivity contribution in [3.05, 3.63) is 18.2 Å². The lowest BCUT2D eigenvalue weighted by Crippen LogP contribution is -2.07. The number of hydrogen-bond acceptors (Lipinski definition) is 4. The van der Waals surface area contributed by atoms with Gasteiger partial charge in [0, 0.05) is 11.8 Å². The van der Waals surface area contributed by atoms with Gasteiger partial charge in [0.1, 0.15) is 11.3 Å². The van der Waals surface area contributed by atoms with Gasteiger partial charge in [0.25, 0.3) is 0 Å². The normalized spacial score (nSPS) is 12.8. The molecule has 0 saturated heterocycles. The molecule has 0 saturated carbocycles. The molecule has 0 aliphatic carbocycles. The van der Waals surface area contributed by atoms with E-state index in [0.29, 0.717) is 17.8 Å². The SMILES string of the molecule is CCCOc1cccc2c1nc(N)n2CCC(C)SC. The molecule has 1 aromatic heterocycles. The largest absolute Gasteiger partial charge is 0.491 e. The molecule has 2 N–H and O–H groups in total. The van der Waals surface area contributed by atoms with Gasteiger partial charge in [-0.3, -0.25) is 0 Å². The molecule has 0 radical (unpaired) electrons. The highest BCUT2D eigenvalue weighted by Crippen LogP contribution is 2.28. The Morgan fingerprint density at radius 1 is 1.45 bits per heavy atom. The molecule has 2 rings (SSSR count). The standard InChI is InChI=1S/C15H23N3OS/c1-4-10-19-13-7-5-6-12-14(13)17-15(16)18(12)9-8-11(2)20-3/h5-7,11H,4,8-10H2,1-3H3,(H2,16,17). The Morgan fingerprint density at radius 3 is 2.95 bits per heavy atom. The Kier molecular flexibility index (Phi) is 5.17. The summed E-state index contributed by atoms with van der Waals surface area (Å²) >= 11 is 1.87. The Balaban J connectivity index is 2.29. The van der Waals surface area contributed by atoms with Crippen LogP contribution in [0.25, 0.3) is 11.0 Å². The fourth-order valence-corrected chi connectivity index (χ4v) is 2.47. The number of hydrogen-bond donors (Lipinski definition) is 1. The molecular weight excluding hydrogens is 270 g/mol. The summed E-state index contributed by atoms with van der Waals surface area (Å²) in [4.78, 5) is 4.48.